The number of carbonyl (C=O) groups is 2. The summed E-state index contributed by atoms with van der Waals surface area (Å²) >= 11 is 0. The normalized spacial score (nSPS) is 11.7. The number of hydrogen-bond donors (Lipinski definition) is 1. The van der Waals surface area contributed by atoms with E-state index in [9.17, 15) is 9.59 Å². The molecule has 1 rings (SSSR count). The molecule has 1 atom stereocenters. The molecule has 18 heavy (non-hydrogen) atoms. The van der Waals surface area contributed by atoms with E-state index in [1.807, 2.05) is 18.2 Å². The highest BCUT2D eigenvalue weighted by atomic mass is 33.1. The number of nitrogens with zero attached hydrogens (tertiary/aromatic N) is 1. The Labute approximate surface area is 113 Å². The molecule has 0 bridgehead atoms. The van der Waals surface area contributed by atoms with Crippen LogP contribution in [0.1, 0.15) is 6.92 Å². The van der Waals surface area contributed by atoms with Crippen molar-refractivity contribution in [3.63, 3.8) is 0 Å². The molecule has 0 aliphatic heterocycles. The number of aromatic nitrogens is 1. The van der Waals surface area contributed by atoms with Gasteiger partial charge in [-0.2, -0.15) is 0 Å². The predicted octanol–water partition coefficient (Wildman–Crippen LogP) is 1.50. The topological polar surface area (TPSA) is 68.3 Å². The summed E-state index contributed by atoms with van der Waals surface area (Å²) in [5.41, 5.74) is 0. The molecular weight excluding hydrogens is 272 g/mol. The Morgan fingerprint density at radius 1 is 1.50 bits per heavy atom. The Kier molecular flexibility index (Phi) is 6.59. The summed E-state index contributed by atoms with van der Waals surface area (Å²) in [4.78, 5) is 26.5. The molecule has 0 aliphatic rings. The van der Waals surface area contributed by atoms with Crippen LogP contribution in [0, 0.1) is 0 Å². The van der Waals surface area contributed by atoms with E-state index in [-0.39, 0.29) is 5.91 Å². The van der Waals surface area contributed by atoms with Gasteiger partial charge in [-0.05, 0) is 22.9 Å². The summed E-state index contributed by atoms with van der Waals surface area (Å²) in [7, 11) is 4.19. The standard InChI is InChI=1S/C11H14N2O3S2/c1-8(14)13-9(11(15)16-2)7-17-18-10-5-3-4-6-12-10/h3-6,9H,7H2,1-2H3,(H,13,14). The number of amides is 1. The number of methoxy groups -OCH3 is 1. The summed E-state index contributed by atoms with van der Waals surface area (Å²) in [6, 6.07) is 4.97. The van der Waals surface area contributed by atoms with Crippen molar-refractivity contribution in [2.24, 2.45) is 0 Å². The molecule has 1 N–H and O–H groups in total. The fraction of sp³-hybridized carbons (Fsp3) is 0.364. The number of rotatable bonds is 6. The van der Waals surface area contributed by atoms with Gasteiger partial charge in [0.15, 0.2) is 0 Å². The van der Waals surface area contributed by atoms with Crippen molar-refractivity contribution in [2.45, 2.75) is 18.0 Å². The van der Waals surface area contributed by atoms with E-state index in [4.69, 9.17) is 0 Å². The average Bonchev–Trinajstić information content (AvgIpc) is 2.37. The maximum atomic E-state index is 11.4. The van der Waals surface area contributed by atoms with Gasteiger partial charge in [0.2, 0.25) is 5.91 Å². The quantitative estimate of drug-likeness (QED) is 0.631. The number of ether oxygens (including phenoxy) is 1. The van der Waals surface area contributed by atoms with E-state index in [2.05, 4.69) is 15.0 Å². The van der Waals surface area contributed by atoms with Crippen molar-refractivity contribution in [3.8, 4) is 0 Å². The van der Waals surface area contributed by atoms with Crippen molar-refractivity contribution >= 4 is 33.5 Å². The van der Waals surface area contributed by atoms with Gasteiger partial charge in [0.05, 0.1) is 7.11 Å². The van der Waals surface area contributed by atoms with Gasteiger partial charge in [0.1, 0.15) is 11.1 Å². The molecule has 0 spiro atoms. The van der Waals surface area contributed by atoms with E-state index in [1.165, 1.54) is 35.6 Å². The van der Waals surface area contributed by atoms with Crippen molar-refractivity contribution in [3.05, 3.63) is 24.4 Å². The molecule has 0 fully saturated rings. The first-order chi connectivity index (χ1) is 8.63. The molecular formula is C11H14N2O3S2. The summed E-state index contributed by atoms with van der Waals surface area (Å²) in [6.45, 7) is 1.37. The van der Waals surface area contributed by atoms with E-state index < -0.39 is 12.0 Å². The summed E-state index contributed by atoms with van der Waals surface area (Å²) in [5, 5.41) is 3.40. The van der Waals surface area contributed by atoms with Gasteiger partial charge < -0.3 is 10.1 Å². The number of esters is 1. The van der Waals surface area contributed by atoms with E-state index in [0.29, 0.717) is 5.75 Å². The van der Waals surface area contributed by atoms with Crippen LogP contribution in [0.15, 0.2) is 29.4 Å². The van der Waals surface area contributed by atoms with Gasteiger partial charge in [0, 0.05) is 18.9 Å². The predicted molar refractivity (Wildman–Crippen MR) is 72.2 cm³/mol. The second kappa shape index (κ2) is 7.99. The van der Waals surface area contributed by atoms with Crippen LogP contribution in [0.4, 0.5) is 0 Å². The van der Waals surface area contributed by atoms with Crippen LogP contribution < -0.4 is 5.32 Å². The fourth-order valence-corrected chi connectivity index (χ4v) is 3.17. The molecule has 1 amide bonds. The van der Waals surface area contributed by atoms with Crippen LogP contribution in [0.3, 0.4) is 0 Å². The van der Waals surface area contributed by atoms with Crippen LogP contribution in [0.2, 0.25) is 0 Å². The van der Waals surface area contributed by atoms with Crippen LogP contribution in [-0.4, -0.2) is 35.8 Å². The zero-order chi connectivity index (χ0) is 13.4. The van der Waals surface area contributed by atoms with E-state index >= 15 is 0 Å². The van der Waals surface area contributed by atoms with Crippen LogP contribution in [0.25, 0.3) is 0 Å². The van der Waals surface area contributed by atoms with Crippen LogP contribution in [-0.2, 0) is 14.3 Å². The highest BCUT2D eigenvalue weighted by molar-refractivity contribution is 8.76. The SMILES string of the molecule is COC(=O)C(CSSc1ccccn1)NC(C)=O. The Morgan fingerprint density at radius 2 is 2.28 bits per heavy atom. The Morgan fingerprint density at radius 3 is 2.83 bits per heavy atom. The lowest BCUT2D eigenvalue weighted by molar-refractivity contribution is -0.144. The molecule has 7 heteroatoms. The molecule has 0 radical (unpaired) electrons. The Balaban J connectivity index is 2.42. The van der Waals surface area contributed by atoms with Crippen LogP contribution in [0.5, 0.6) is 0 Å². The molecule has 0 aliphatic carbocycles. The number of hydrogen-bond acceptors (Lipinski definition) is 6. The Bertz CT molecular complexity index is 401. The Hall–Kier alpha value is -1.21. The molecule has 1 aromatic rings. The number of nitrogens with one attached hydrogen (secondary N) is 1. The second-order valence-electron chi connectivity index (χ2n) is 3.31. The highest BCUT2D eigenvalue weighted by Gasteiger charge is 2.20. The lowest BCUT2D eigenvalue weighted by Crippen LogP contribution is -2.42. The van der Waals surface area contributed by atoms with E-state index in [1.54, 1.807) is 6.20 Å². The lowest BCUT2D eigenvalue weighted by Gasteiger charge is -2.14. The second-order valence-corrected chi connectivity index (χ2v) is 5.67. The average molecular weight is 286 g/mol. The number of carbonyl (C=O) groups excluding carboxylic acids is 2. The van der Waals surface area contributed by atoms with Crippen molar-refractivity contribution in [1.82, 2.24) is 10.3 Å². The maximum Gasteiger partial charge on any atom is 0.329 e. The molecule has 1 aromatic heterocycles. The third-order valence-electron chi connectivity index (χ3n) is 1.88. The summed E-state index contributed by atoms with van der Waals surface area (Å²) in [5.74, 6) is -0.277. The molecule has 1 heterocycles. The van der Waals surface area contributed by atoms with Gasteiger partial charge >= 0.3 is 5.97 Å². The van der Waals surface area contributed by atoms with Gasteiger partial charge in [-0.3, -0.25) is 4.79 Å². The third-order valence-corrected chi connectivity index (χ3v) is 4.15. The van der Waals surface area contributed by atoms with Gasteiger partial charge in [-0.15, -0.1) is 0 Å². The molecule has 0 saturated carbocycles. The minimum Gasteiger partial charge on any atom is -0.467 e. The van der Waals surface area contributed by atoms with Crippen LogP contribution >= 0.6 is 21.6 Å². The minimum atomic E-state index is -0.631. The summed E-state index contributed by atoms with van der Waals surface area (Å²) in [6.07, 6.45) is 1.70. The fourth-order valence-electron chi connectivity index (χ4n) is 1.12. The first kappa shape index (κ1) is 14.8. The van der Waals surface area contributed by atoms with Gasteiger partial charge in [-0.25, -0.2) is 9.78 Å². The lowest BCUT2D eigenvalue weighted by atomic mass is 10.3. The largest absolute Gasteiger partial charge is 0.467 e. The molecule has 1 unspecified atom stereocenters. The zero-order valence-corrected chi connectivity index (χ0v) is 11.7. The smallest absolute Gasteiger partial charge is 0.329 e. The maximum absolute atomic E-state index is 11.4. The third kappa shape index (κ3) is 5.42. The molecule has 98 valence electrons. The minimum absolute atomic E-state index is 0.256. The van der Waals surface area contributed by atoms with E-state index in [0.717, 1.165) is 5.03 Å². The van der Waals surface area contributed by atoms with Gasteiger partial charge in [0.25, 0.3) is 0 Å². The van der Waals surface area contributed by atoms with Crippen molar-refractivity contribution in [1.29, 1.82) is 0 Å². The van der Waals surface area contributed by atoms with Gasteiger partial charge in [-0.1, -0.05) is 16.9 Å². The van der Waals surface area contributed by atoms with Crippen molar-refractivity contribution in [2.75, 3.05) is 12.9 Å². The summed E-state index contributed by atoms with van der Waals surface area (Å²) < 4.78 is 4.62. The first-order valence-electron chi connectivity index (χ1n) is 5.19. The molecule has 0 saturated heterocycles. The molecule has 5 nitrogen and oxygen atoms in total. The monoisotopic (exact) mass is 286 g/mol. The van der Waals surface area contributed by atoms with Crippen molar-refractivity contribution < 1.29 is 14.3 Å². The first-order valence-corrected chi connectivity index (χ1v) is 7.51. The zero-order valence-electron chi connectivity index (χ0n) is 10.1. The number of pyridine rings is 1. The highest BCUT2D eigenvalue weighted by Crippen LogP contribution is 2.29. The molecule has 0 aromatic carbocycles.